The molecule has 0 saturated heterocycles. The lowest BCUT2D eigenvalue weighted by Gasteiger charge is -1.99. The van der Waals surface area contributed by atoms with Gasteiger partial charge in [-0.1, -0.05) is 46.3 Å². The Kier molecular flexibility index (Phi) is 4.16. The van der Waals surface area contributed by atoms with E-state index in [1.165, 1.54) is 0 Å². The molecule has 0 aromatic heterocycles. The Labute approximate surface area is 86.6 Å². The molecule has 0 saturated carbocycles. The molecule has 13 heavy (non-hydrogen) atoms. The molecule has 0 unspecified atom stereocenters. The molecule has 1 rings (SSSR count). The van der Waals surface area contributed by atoms with Crippen LogP contribution < -0.4 is 0 Å². The van der Waals surface area contributed by atoms with Crippen LogP contribution in [0.4, 0.5) is 4.39 Å². The number of rotatable bonds is 3. The highest BCUT2D eigenvalue weighted by molar-refractivity contribution is 9.09. The minimum absolute atomic E-state index is 0.117. The standard InChI is InChI=1S/C11H12BrF/c1-9-5-4-7-10(11(9)13)6-2-3-8-12/h2,4-7H,3,8H2,1H3. The summed E-state index contributed by atoms with van der Waals surface area (Å²) in [6, 6.07) is 5.43. The van der Waals surface area contributed by atoms with Crippen molar-refractivity contribution in [1.82, 2.24) is 0 Å². The van der Waals surface area contributed by atoms with Gasteiger partial charge in [-0.15, -0.1) is 0 Å². The molecule has 0 N–H and O–H groups in total. The summed E-state index contributed by atoms with van der Waals surface area (Å²) in [5.74, 6) is -0.117. The van der Waals surface area contributed by atoms with Gasteiger partial charge in [-0.3, -0.25) is 0 Å². The van der Waals surface area contributed by atoms with Crippen LogP contribution >= 0.6 is 15.9 Å². The predicted molar refractivity (Wildman–Crippen MR) is 58.6 cm³/mol. The predicted octanol–water partition coefficient (Wildman–Crippen LogP) is 3.93. The second kappa shape index (κ2) is 5.18. The molecule has 1 aromatic rings. The summed E-state index contributed by atoms with van der Waals surface area (Å²) in [7, 11) is 0. The summed E-state index contributed by atoms with van der Waals surface area (Å²) in [4.78, 5) is 0. The molecule has 0 radical (unpaired) electrons. The van der Waals surface area contributed by atoms with Gasteiger partial charge in [-0.25, -0.2) is 4.39 Å². The van der Waals surface area contributed by atoms with Crippen LogP contribution in [0.1, 0.15) is 17.5 Å². The van der Waals surface area contributed by atoms with E-state index in [1.807, 2.05) is 18.2 Å². The summed E-state index contributed by atoms with van der Waals surface area (Å²) in [6.45, 7) is 1.77. The van der Waals surface area contributed by atoms with Crippen LogP contribution in [0.2, 0.25) is 0 Å². The Morgan fingerprint density at radius 1 is 1.46 bits per heavy atom. The van der Waals surface area contributed by atoms with Crippen LogP contribution in [0, 0.1) is 12.7 Å². The molecule has 0 nitrogen and oxygen atoms in total. The first-order valence-corrected chi connectivity index (χ1v) is 5.35. The molecule has 0 fully saturated rings. The molecule has 0 aliphatic carbocycles. The van der Waals surface area contributed by atoms with E-state index in [1.54, 1.807) is 19.1 Å². The summed E-state index contributed by atoms with van der Waals surface area (Å²) in [6.07, 6.45) is 4.71. The van der Waals surface area contributed by atoms with E-state index in [-0.39, 0.29) is 5.82 Å². The summed E-state index contributed by atoms with van der Waals surface area (Å²) >= 11 is 3.31. The van der Waals surface area contributed by atoms with Crippen molar-refractivity contribution in [3.8, 4) is 0 Å². The number of allylic oxidation sites excluding steroid dienone is 1. The molecule has 0 heterocycles. The van der Waals surface area contributed by atoms with E-state index in [2.05, 4.69) is 15.9 Å². The zero-order chi connectivity index (χ0) is 9.68. The Hall–Kier alpha value is -0.630. The Bertz CT molecular complexity index is 305. The second-order valence-corrected chi connectivity index (χ2v) is 3.65. The largest absolute Gasteiger partial charge is 0.206 e. The van der Waals surface area contributed by atoms with Crippen molar-refractivity contribution in [3.63, 3.8) is 0 Å². The van der Waals surface area contributed by atoms with Gasteiger partial charge in [-0.2, -0.15) is 0 Å². The Balaban J connectivity index is 2.83. The number of halogens is 2. The smallest absolute Gasteiger partial charge is 0.133 e. The Morgan fingerprint density at radius 2 is 2.23 bits per heavy atom. The van der Waals surface area contributed by atoms with Gasteiger partial charge in [0.15, 0.2) is 0 Å². The minimum Gasteiger partial charge on any atom is -0.206 e. The molecule has 0 aliphatic heterocycles. The lowest BCUT2D eigenvalue weighted by Crippen LogP contribution is -1.85. The fourth-order valence-corrected chi connectivity index (χ4v) is 1.34. The van der Waals surface area contributed by atoms with Crippen LogP contribution in [0.15, 0.2) is 24.3 Å². The maximum absolute atomic E-state index is 13.4. The van der Waals surface area contributed by atoms with E-state index in [0.717, 1.165) is 11.8 Å². The molecule has 0 bridgehead atoms. The highest BCUT2D eigenvalue weighted by atomic mass is 79.9. The second-order valence-electron chi connectivity index (χ2n) is 2.86. The van der Waals surface area contributed by atoms with Gasteiger partial charge in [0.1, 0.15) is 5.82 Å². The normalized spacial score (nSPS) is 11.0. The maximum Gasteiger partial charge on any atom is 0.133 e. The van der Waals surface area contributed by atoms with Crippen molar-refractivity contribution in [2.24, 2.45) is 0 Å². The number of hydrogen-bond acceptors (Lipinski definition) is 0. The zero-order valence-electron chi connectivity index (χ0n) is 7.56. The SMILES string of the molecule is Cc1cccc(C=CCCBr)c1F. The summed E-state index contributed by atoms with van der Waals surface area (Å²) < 4.78 is 13.4. The van der Waals surface area contributed by atoms with Crippen molar-refractivity contribution >= 4 is 22.0 Å². The van der Waals surface area contributed by atoms with Gasteiger partial charge in [0.25, 0.3) is 0 Å². The topological polar surface area (TPSA) is 0 Å². The summed E-state index contributed by atoms with van der Waals surface area (Å²) in [5, 5.41) is 0.914. The van der Waals surface area contributed by atoms with Gasteiger partial charge in [0.05, 0.1) is 0 Å². The molecule has 2 heteroatoms. The molecule has 0 aliphatic rings. The van der Waals surface area contributed by atoms with Gasteiger partial charge in [-0.05, 0) is 18.9 Å². The fourth-order valence-electron chi connectivity index (χ4n) is 1.07. The summed E-state index contributed by atoms with van der Waals surface area (Å²) in [5.41, 5.74) is 1.36. The molecule has 0 atom stereocenters. The van der Waals surface area contributed by atoms with Crippen molar-refractivity contribution in [2.75, 3.05) is 5.33 Å². The quantitative estimate of drug-likeness (QED) is 0.705. The van der Waals surface area contributed by atoms with Crippen molar-refractivity contribution in [1.29, 1.82) is 0 Å². The molecule has 70 valence electrons. The third kappa shape index (κ3) is 2.96. The first-order valence-electron chi connectivity index (χ1n) is 4.23. The lowest BCUT2D eigenvalue weighted by molar-refractivity contribution is 0.616. The number of alkyl halides is 1. The van der Waals surface area contributed by atoms with Crippen molar-refractivity contribution in [2.45, 2.75) is 13.3 Å². The van der Waals surface area contributed by atoms with Crippen LogP contribution in [0.25, 0.3) is 6.08 Å². The zero-order valence-corrected chi connectivity index (χ0v) is 9.14. The van der Waals surface area contributed by atoms with E-state index < -0.39 is 0 Å². The van der Waals surface area contributed by atoms with Gasteiger partial charge in [0.2, 0.25) is 0 Å². The lowest BCUT2D eigenvalue weighted by atomic mass is 10.1. The van der Waals surface area contributed by atoms with Gasteiger partial charge in [0, 0.05) is 10.9 Å². The van der Waals surface area contributed by atoms with Crippen LogP contribution in [-0.2, 0) is 0 Å². The average Bonchev–Trinajstić information content (AvgIpc) is 2.13. The van der Waals surface area contributed by atoms with Crippen molar-refractivity contribution < 1.29 is 4.39 Å². The van der Waals surface area contributed by atoms with Crippen LogP contribution in [0.5, 0.6) is 0 Å². The Morgan fingerprint density at radius 3 is 2.92 bits per heavy atom. The maximum atomic E-state index is 13.4. The van der Waals surface area contributed by atoms with Gasteiger partial charge < -0.3 is 0 Å². The molecular formula is C11H12BrF. The fraction of sp³-hybridized carbons (Fsp3) is 0.273. The highest BCUT2D eigenvalue weighted by Gasteiger charge is 1.99. The third-order valence-electron chi connectivity index (χ3n) is 1.79. The van der Waals surface area contributed by atoms with Gasteiger partial charge >= 0.3 is 0 Å². The van der Waals surface area contributed by atoms with Crippen LogP contribution in [0.3, 0.4) is 0 Å². The molecular weight excluding hydrogens is 231 g/mol. The first kappa shape index (κ1) is 10.5. The molecule has 1 aromatic carbocycles. The third-order valence-corrected chi connectivity index (χ3v) is 2.25. The first-order chi connectivity index (χ1) is 6.25. The van der Waals surface area contributed by atoms with Crippen molar-refractivity contribution in [3.05, 3.63) is 41.2 Å². The molecule has 0 amide bonds. The molecule has 0 spiro atoms. The van der Waals surface area contributed by atoms with E-state index in [9.17, 15) is 4.39 Å². The number of benzene rings is 1. The van der Waals surface area contributed by atoms with E-state index >= 15 is 0 Å². The van der Waals surface area contributed by atoms with Crippen LogP contribution in [-0.4, -0.2) is 5.33 Å². The van der Waals surface area contributed by atoms with E-state index in [4.69, 9.17) is 0 Å². The van der Waals surface area contributed by atoms with E-state index in [0.29, 0.717) is 11.1 Å². The number of hydrogen-bond donors (Lipinski definition) is 0. The number of aryl methyl sites for hydroxylation is 1. The average molecular weight is 243 g/mol. The highest BCUT2D eigenvalue weighted by Crippen LogP contribution is 2.13. The monoisotopic (exact) mass is 242 g/mol. The minimum atomic E-state index is -0.117.